The van der Waals surface area contributed by atoms with Gasteiger partial charge in [0.1, 0.15) is 17.1 Å². The molecule has 29 heavy (non-hydrogen) atoms. The second-order valence-electron chi connectivity index (χ2n) is 5.90. The molecule has 8 heteroatoms. The van der Waals surface area contributed by atoms with Gasteiger partial charge in [0.15, 0.2) is 17.6 Å². The molecule has 8 nitrogen and oxygen atoms in total. The lowest BCUT2D eigenvalue weighted by Crippen LogP contribution is -2.30. The number of esters is 1. The highest BCUT2D eigenvalue weighted by molar-refractivity contribution is 5.98. The number of hydrogen-bond donors (Lipinski definition) is 1. The van der Waals surface area contributed by atoms with Gasteiger partial charge < -0.3 is 29.0 Å². The first-order valence-corrected chi connectivity index (χ1v) is 8.98. The minimum atomic E-state index is -1.04. The molecule has 2 aromatic carbocycles. The third-order valence-electron chi connectivity index (χ3n) is 4.01. The van der Waals surface area contributed by atoms with Gasteiger partial charge in [-0.2, -0.15) is 0 Å². The molecule has 0 radical (unpaired) electrons. The van der Waals surface area contributed by atoms with Crippen LogP contribution in [0.1, 0.15) is 24.2 Å². The van der Waals surface area contributed by atoms with Crippen LogP contribution in [0.5, 0.6) is 23.0 Å². The third-order valence-corrected chi connectivity index (χ3v) is 4.01. The van der Waals surface area contributed by atoms with E-state index in [-0.39, 0.29) is 11.3 Å². The van der Waals surface area contributed by atoms with Gasteiger partial charge in [-0.3, -0.25) is 4.79 Å². The maximum absolute atomic E-state index is 12.6. The molecular weight excluding hydrogens is 378 g/mol. The number of amides is 1. The molecule has 156 valence electrons. The molecule has 0 aliphatic rings. The van der Waals surface area contributed by atoms with Gasteiger partial charge in [-0.05, 0) is 38.1 Å². The fourth-order valence-electron chi connectivity index (χ4n) is 2.51. The first kappa shape index (κ1) is 21.9. The van der Waals surface area contributed by atoms with Crippen LogP contribution >= 0.6 is 0 Å². The highest BCUT2D eigenvalue weighted by Crippen LogP contribution is 2.35. The zero-order valence-electron chi connectivity index (χ0n) is 17.1. The summed E-state index contributed by atoms with van der Waals surface area (Å²) in [6.45, 7) is 3.92. The Balaban J connectivity index is 2.08. The molecule has 0 fully saturated rings. The van der Waals surface area contributed by atoms with Gasteiger partial charge in [0, 0.05) is 17.8 Å². The molecule has 0 aliphatic heterocycles. The lowest BCUT2D eigenvalue weighted by Gasteiger charge is -2.16. The molecule has 0 saturated carbocycles. The fourth-order valence-corrected chi connectivity index (χ4v) is 2.51. The van der Waals surface area contributed by atoms with Gasteiger partial charge in [-0.15, -0.1) is 0 Å². The largest absolute Gasteiger partial charge is 0.496 e. The van der Waals surface area contributed by atoms with Crippen LogP contribution < -0.4 is 24.3 Å². The van der Waals surface area contributed by atoms with Gasteiger partial charge in [-0.25, -0.2) is 4.79 Å². The molecule has 0 heterocycles. The third kappa shape index (κ3) is 5.54. The van der Waals surface area contributed by atoms with E-state index in [4.69, 9.17) is 23.7 Å². The summed E-state index contributed by atoms with van der Waals surface area (Å²) in [5.74, 6) is 0.491. The van der Waals surface area contributed by atoms with Crippen molar-refractivity contribution in [3.8, 4) is 23.0 Å². The molecule has 2 rings (SSSR count). The van der Waals surface area contributed by atoms with Crippen molar-refractivity contribution in [2.75, 3.05) is 33.3 Å². The van der Waals surface area contributed by atoms with Crippen molar-refractivity contribution in [2.45, 2.75) is 20.0 Å². The van der Waals surface area contributed by atoms with Gasteiger partial charge in [0.2, 0.25) is 0 Å². The normalized spacial score (nSPS) is 11.2. The Morgan fingerprint density at radius 3 is 2.07 bits per heavy atom. The smallest absolute Gasteiger partial charge is 0.342 e. The number of carbonyl (C=O) groups is 2. The fraction of sp³-hybridized carbons (Fsp3) is 0.333. The number of rotatable bonds is 9. The zero-order chi connectivity index (χ0) is 21.4. The summed E-state index contributed by atoms with van der Waals surface area (Å²) >= 11 is 0. The quantitative estimate of drug-likeness (QED) is 0.642. The molecule has 0 aliphatic carbocycles. The molecule has 0 spiro atoms. The maximum Gasteiger partial charge on any atom is 0.342 e. The van der Waals surface area contributed by atoms with Crippen molar-refractivity contribution in [3.05, 3.63) is 42.0 Å². The van der Waals surface area contributed by atoms with E-state index in [1.54, 1.807) is 24.3 Å². The van der Waals surface area contributed by atoms with Crippen LogP contribution in [0.2, 0.25) is 0 Å². The lowest BCUT2D eigenvalue weighted by molar-refractivity contribution is -0.123. The molecule has 0 aromatic heterocycles. The van der Waals surface area contributed by atoms with E-state index in [0.717, 1.165) is 0 Å². The number of benzene rings is 2. The number of hydrogen-bond acceptors (Lipinski definition) is 7. The van der Waals surface area contributed by atoms with E-state index in [1.807, 2.05) is 6.92 Å². The predicted octanol–water partition coefficient (Wildman–Crippen LogP) is 3.30. The first-order chi connectivity index (χ1) is 13.9. The first-order valence-electron chi connectivity index (χ1n) is 8.98. The Morgan fingerprint density at radius 1 is 0.931 bits per heavy atom. The van der Waals surface area contributed by atoms with Crippen LogP contribution in [0.3, 0.4) is 0 Å². The molecule has 0 saturated heterocycles. The van der Waals surface area contributed by atoms with Crippen LogP contribution in [-0.4, -0.2) is 45.9 Å². The van der Waals surface area contributed by atoms with Crippen molar-refractivity contribution in [1.29, 1.82) is 0 Å². The second kappa shape index (κ2) is 10.2. The van der Waals surface area contributed by atoms with Crippen molar-refractivity contribution in [3.63, 3.8) is 0 Å². The lowest BCUT2D eigenvalue weighted by atomic mass is 10.1. The Kier molecular flexibility index (Phi) is 7.70. The minimum absolute atomic E-state index is 0.117. The van der Waals surface area contributed by atoms with Crippen LogP contribution in [0, 0.1) is 0 Å². The second-order valence-corrected chi connectivity index (χ2v) is 5.90. The number of nitrogens with one attached hydrogen (secondary N) is 1. The highest BCUT2D eigenvalue weighted by Gasteiger charge is 2.23. The zero-order valence-corrected chi connectivity index (χ0v) is 17.1. The van der Waals surface area contributed by atoms with E-state index in [2.05, 4.69) is 5.32 Å². The van der Waals surface area contributed by atoms with Crippen LogP contribution in [0.4, 0.5) is 5.69 Å². The topological polar surface area (TPSA) is 92.3 Å². The minimum Gasteiger partial charge on any atom is -0.496 e. The molecule has 1 atom stereocenters. The maximum atomic E-state index is 12.6. The number of anilines is 1. The van der Waals surface area contributed by atoms with E-state index in [0.29, 0.717) is 29.5 Å². The predicted molar refractivity (Wildman–Crippen MR) is 107 cm³/mol. The average molecular weight is 403 g/mol. The van der Waals surface area contributed by atoms with Crippen molar-refractivity contribution in [2.24, 2.45) is 0 Å². The summed E-state index contributed by atoms with van der Waals surface area (Å²) < 4.78 is 26.3. The summed E-state index contributed by atoms with van der Waals surface area (Å²) in [6, 6.07) is 9.84. The Labute approximate surface area is 169 Å². The van der Waals surface area contributed by atoms with Crippen molar-refractivity contribution in [1.82, 2.24) is 0 Å². The van der Waals surface area contributed by atoms with E-state index in [1.165, 1.54) is 40.4 Å². The van der Waals surface area contributed by atoms with Gasteiger partial charge >= 0.3 is 5.97 Å². The molecule has 1 amide bonds. The van der Waals surface area contributed by atoms with E-state index >= 15 is 0 Å². The van der Waals surface area contributed by atoms with Gasteiger partial charge in [-0.1, -0.05) is 0 Å². The van der Waals surface area contributed by atoms with Crippen LogP contribution in [-0.2, 0) is 9.53 Å². The van der Waals surface area contributed by atoms with Gasteiger partial charge in [0.05, 0.1) is 27.9 Å². The van der Waals surface area contributed by atoms with Crippen molar-refractivity contribution >= 4 is 17.6 Å². The van der Waals surface area contributed by atoms with Gasteiger partial charge in [0.25, 0.3) is 5.91 Å². The summed E-state index contributed by atoms with van der Waals surface area (Å²) in [7, 11) is 4.34. The summed E-state index contributed by atoms with van der Waals surface area (Å²) in [4.78, 5) is 25.0. The molecule has 1 unspecified atom stereocenters. The Bertz CT molecular complexity index is 849. The Morgan fingerprint density at radius 2 is 1.52 bits per heavy atom. The average Bonchev–Trinajstić information content (AvgIpc) is 2.73. The molecule has 1 N–H and O–H groups in total. The monoisotopic (exact) mass is 403 g/mol. The number of ether oxygens (including phenoxy) is 5. The summed E-state index contributed by atoms with van der Waals surface area (Å²) in [6.07, 6.45) is -1.04. The van der Waals surface area contributed by atoms with E-state index < -0.39 is 18.0 Å². The number of methoxy groups -OCH3 is 3. The molecule has 0 bridgehead atoms. The Hall–Kier alpha value is -3.42. The van der Waals surface area contributed by atoms with E-state index in [9.17, 15) is 9.59 Å². The van der Waals surface area contributed by atoms with Crippen LogP contribution in [0.15, 0.2) is 36.4 Å². The standard InChI is InChI=1S/C21H25NO7/c1-6-28-15-9-7-14(8-10-15)22-20(23)13(2)29-21(24)16-11-18(26-4)19(27-5)12-17(16)25-3/h7-13H,6H2,1-5H3,(H,22,23). The summed E-state index contributed by atoms with van der Waals surface area (Å²) in [5, 5.41) is 2.69. The summed E-state index contributed by atoms with van der Waals surface area (Å²) in [5.41, 5.74) is 0.677. The molecule has 2 aromatic rings. The SMILES string of the molecule is CCOc1ccc(NC(=O)C(C)OC(=O)c2cc(OC)c(OC)cc2OC)cc1. The van der Waals surface area contributed by atoms with Crippen molar-refractivity contribution < 1.29 is 33.3 Å². The van der Waals surface area contributed by atoms with Crippen LogP contribution in [0.25, 0.3) is 0 Å². The number of carbonyl (C=O) groups excluding carboxylic acids is 2. The molecular formula is C21H25NO7. The highest BCUT2D eigenvalue weighted by atomic mass is 16.6.